The van der Waals surface area contributed by atoms with Gasteiger partial charge in [-0.05, 0) is 6.42 Å². The molecule has 17 heavy (non-hydrogen) atoms. The normalized spacial score (nSPS) is 13.9. The van der Waals surface area contributed by atoms with Gasteiger partial charge in [-0.2, -0.15) is 26.3 Å². The first-order valence-corrected chi connectivity index (χ1v) is 7.43. The van der Waals surface area contributed by atoms with Crippen molar-refractivity contribution >= 4 is 20.2 Å². The number of nitrogens with two attached hydrogens (primary N) is 1. The summed E-state index contributed by atoms with van der Waals surface area (Å²) in [6.07, 6.45) is -4.79. The largest absolute Gasteiger partial charge is 0.402 e. The summed E-state index contributed by atoms with van der Waals surface area (Å²) >= 11 is 0. The molecule has 0 bridgehead atoms. The number of hydrogen-bond acceptors (Lipinski definition) is 4. The van der Waals surface area contributed by atoms with Gasteiger partial charge >= 0.3 is 6.18 Å². The van der Waals surface area contributed by atoms with Crippen LogP contribution in [0.5, 0.6) is 0 Å². The molecule has 12 heteroatoms. The Morgan fingerprint density at radius 1 is 1.06 bits per heavy atom. The van der Waals surface area contributed by atoms with Gasteiger partial charge in [0.05, 0.1) is 5.75 Å². The molecule has 0 fully saturated rings. The fourth-order valence-corrected chi connectivity index (χ4v) is 2.12. The van der Waals surface area contributed by atoms with E-state index in [1.807, 2.05) is 0 Å². The van der Waals surface area contributed by atoms with Crippen LogP contribution >= 0.6 is 0 Å². The fraction of sp³-hybridized carbons (Fsp3) is 1.00. The molecular weight excluding hydrogens is 287 g/mol. The fourth-order valence-electron chi connectivity index (χ4n) is 0.708. The molecule has 0 saturated carbocycles. The maximum atomic E-state index is 11.7. The molecule has 0 atom stereocenters. The lowest BCUT2D eigenvalue weighted by molar-refractivity contribution is -0.121. The zero-order valence-corrected chi connectivity index (χ0v) is 10.1. The van der Waals surface area contributed by atoms with Gasteiger partial charge in [-0.25, -0.2) is 18.3 Å². The van der Waals surface area contributed by atoms with Gasteiger partial charge < -0.3 is 0 Å². The van der Waals surface area contributed by atoms with Crippen LogP contribution in [0.25, 0.3) is 0 Å². The Labute approximate surface area is 96.8 Å². The molecule has 0 aliphatic carbocycles. The molecule has 0 rings (SSSR count). The Bertz CT molecular complexity index is 430. The molecule has 0 amide bonds. The number of alkyl halides is 3. The van der Waals surface area contributed by atoms with Gasteiger partial charge in [-0.1, -0.05) is 0 Å². The number of nitrogens with one attached hydrogen (secondary N) is 2. The van der Waals surface area contributed by atoms with Crippen molar-refractivity contribution in [3.63, 3.8) is 0 Å². The topological polar surface area (TPSA) is 118 Å². The second-order valence-corrected chi connectivity index (χ2v) is 6.37. The standard InChI is InChI=1S/C5H12F3N3O4S2/c6-5(7,8)4-11-17(14,15)10-2-1-3-16(9,12)13/h10-11H,1-4H2,(H2,9,12,13). The lowest BCUT2D eigenvalue weighted by Gasteiger charge is -2.09. The minimum Gasteiger partial charge on any atom is -0.229 e. The average Bonchev–Trinajstić information content (AvgIpc) is 2.07. The highest BCUT2D eigenvalue weighted by Crippen LogP contribution is 2.12. The zero-order chi connectivity index (χ0) is 13.7. The molecule has 0 saturated heterocycles. The van der Waals surface area contributed by atoms with E-state index in [4.69, 9.17) is 0 Å². The van der Waals surface area contributed by atoms with Crippen LogP contribution in [0.3, 0.4) is 0 Å². The molecule has 0 aliphatic rings. The van der Waals surface area contributed by atoms with E-state index in [0.29, 0.717) is 0 Å². The van der Waals surface area contributed by atoms with E-state index < -0.39 is 38.7 Å². The van der Waals surface area contributed by atoms with E-state index in [-0.39, 0.29) is 13.0 Å². The monoisotopic (exact) mass is 299 g/mol. The molecule has 0 aromatic rings. The highest BCUT2D eigenvalue weighted by atomic mass is 32.2. The van der Waals surface area contributed by atoms with Crippen LogP contribution in [0.15, 0.2) is 0 Å². The molecule has 7 nitrogen and oxygen atoms in total. The predicted molar refractivity (Wildman–Crippen MR) is 53.6 cm³/mol. The van der Waals surface area contributed by atoms with Crippen molar-refractivity contribution in [1.29, 1.82) is 0 Å². The van der Waals surface area contributed by atoms with Gasteiger partial charge in [0.25, 0.3) is 10.2 Å². The van der Waals surface area contributed by atoms with E-state index in [2.05, 4.69) is 5.14 Å². The zero-order valence-electron chi connectivity index (χ0n) is 8.49. The smallest absolute Gasteiger partial charge is 0.229 e. The highest BCUT2D eigenvalue weighted by molar-refractivity contribution is 7.89. The van der Waals surface area contributed by atoms with Crippen LogP contribution in [0.4, 0.5) is 13.2 Å². The minimum absolute atomic E-state index is 0.133. The van der Waals surface area contributed by atoms with Crippen molar-refractivity contribution in [2.45, 2.75) is 12.6 Å². The maximum Gasteiger partial charge on any atom is 0.402 e. The van der Waals surface area contributed by atoms with E-state index in [0.717, 1.165) is 0 Å². The van der Waals surface area contributed by atoms with Gasteiger partial charge in [-0.15, -0.1) is 0 Å². The third-order valence-electron chi connectivity index (χ3n) is 1.36. The summed E-state index contributed by atoms with van der Waals surface area (Å²) in [6, 6.07) is 0. The quantitative estimate of drug-likeness (QED) is 0.504. The second-order valence-electron chi connectivity index (χ2n) is 3.05. The second kappa shape index (κ2) is 5.95. The lowest BCUT2D eigenvalue weighted by Crippen LogP contribution is -2.42. The number of sulfonamides is 1. The summed E-state index contributed by atoms with van der Waals surface area (Å²) in [5.74, 6) is -0.464. The Hall–Kier alpha value is -0.430. The lowest BCUT2D eigenvalue weighted by atomic mass is 10.5. The Balaban J connectivity index is 3.96. The van der Waals surface area contributed by atoms with Crippen molar-refractivity contribution in [3.05, 3.63) is 0 Å². The summed E-state index contributed by atoms with van der Waals surface area (Å²) in [6.45, 7) is -2.03. The molecular formula is C5H12F3N3O4S2. The van der Waals surface area contributed by atoms with Crippen molar-refractivity contribution in [3.8, 4) is 0 Å². The summed E-state index contributed by atoms with van der Waals surface area (Å²) in [5.41, 5.74) is 0. The van der Waals surface area contributed by atoms with E-state index in [1.165, 1.54) is 4.72 Å². The number of rotatable bonds is 7. The third-order valence-corrected chi connectivity index (χ3v) is 3.33. The van der Waals surface area contributed by atoms with Crippen molar-refractivity contribution in [2.75, 3.05) is 18.8 Å². The molecule has 4 N–H and O–H groups in total. The van der Waals surface area contributed by atoms with Crippen LogP contribution in [0.2, 0.25) is 0 Å². The number of hydrogen-bond donors (Lipinski definition) is 3. The van der Waals surface area contributed by atoms with E-state index in [1.54, 1.807) is 4.72 Å². The summed E-state index contributed by atoms with van der Waals surface area (Å²) < 4.78 is 80.7. The van der Waals surface area contributed by atoms with Gasteiger partial charge in [0.1, 0.15) is 6.54 Å². The van der Waals surface area contributed by atoms with Crippen molar-refractivity contribution in [1.82, 2.24) is 9.44 Å². The van der Waals surface area contributed by atoms with Gasteiger partial charge in [0, 0.05) is 6.54 Å². The first-order chi connectivity index (χ1) is 7.41. The number of primary sulfonamides is 1. The first kappa shape index (κ1) is 16.6. The molecule has 0 spiro atoms. The van der Waals surface area contributed by atoms with Crippen molar-refractivity contribution in [2.24, 2.45) is 5.14 Å². The van der Waals surface area contributed by atoms with E-state index >= 15 is 0 Å². The molecule has 0 unspecified atom stereocenters. The molecule has 0 aromatic carbocycles. The van der Waals surface area contributed by atoms with E-state index in [9.17, 15) is 30.0 Å². The van der Waals surface area contributed by atoms with Gasteiger partial charge in [-0.3, -0.25) is 0 Å². The highest BCUT2D eigenvalue weighted by Gasteiger charge is 2.29. The summed E-state index contributed by atoms with van der Waals surface area (Å²) in [7, 11) is -8.00. The Kier molecular flexibility index (Phi) is 5.80. The van der Waals surface area contributed by atoms with Gasteiger partial charge in [0.2, 0.25) is 10.0 Å². The van der Waals surface area contributed by atoms with Crippen LogP contribution in [0, 0.1) is 0 Å². The van der Waals surface area contributed by atoms with Crippen molar-refractivity contribution < 1.29 is 30.0 Å². The van der Waals surface area contributed by atoms with Crippen LogP contribution < -0.4 is 14.6 Å². The maximum absolute atomic E-state index is 11.7. The van der Waals surface area contributed by atoms with Crippen LogP contribution in [0.1, 0.15) is 6.42 Å². The Morgan fingerprint density at radius 3 is 2.00 bits per heavy atom. The minimum atomic E-state index is -4.66. The Morgan fingerprint density at radius 2 is 1.59 bits per heavy atom. The molecule has 0 aromatic heterocycles. The summed E-state index contributed by atoms with van der Waals surface area (Å²) in [4.78, 5) is 0. The number of halogens is 3. The van der Waals surface area contributed by atoms with Crippen LogP contribution in [-0.4, -0.2) is 41.9 Å². The third kappa shape index (κ3) is 11.8. The average molecular weight is 299 g/mol. The van der Waals surface area contributed by atoms with Gasteiger partial charge in [0.15, 0.2) is 0 Å². The molecule has 0 aliphatic heterocycles. The predicted octanol–water partition coefficient (Wildman–Crippen LogP) is -1.35. The molecule has 104 valence electrons. The molecule has 0 heterocycles. The summed E-state index contributed by atoms with van der Waals surface area (Å²) in [5, 5.41) is 4.63. The SMILES string of the molecule is NS(=O)(=O)CCCNS(=O)(=O)NCC(F)(F)F. The van der Waals surface area contributed by atoms with Crippen LogP contribution in [-0.2, 0) is 20.2 Å². The molecule has 0 radical (unpaired) electrons. The first-order valence-electron chi connectivity index (χ1n) is 4.23.